The molecule has 0 fully saturated rings. The van der Waals surface area contributed by atoms with Gasteiger partial charge in [-0.15, -0.1) is 0 Å². The van der Waals surface area contributed by atoms with Gasteiger partial charge in [0.25, 0.3) is 0 Å². The third kappa shape index (κ3) is 4.17. The number of carbonyl (C=O) groups is 1. The molecular formula is C15H27NO4Si. The van der Waals surface area contributed by atoms with E-state index in [-0.39, 0.29) is 16.2 Å². The van der Waals surface area contributed by atoms with E-state index in [4.69, 9.17) is 8.95 Å². The number of carbonyl (C=O) groups excluding carboxylic acids is 1. The molecular weight excluding hydrogens is 286 g/mol. The number of rotatable bonds is 5. The van der Waals surface area contributed by atoms with Crippen molar-refractivity contribution in [1.29, 1.82) is 0 Å². The maximum absolute atomic E-state index is 11.4. The van der Waals surface area contributed by atoms with E-state index in [1.807, 2.05) is 13.8 Å². The molecule has 0 spiro atoms. The van der Waals surface area contributed by atoms with Crippen LogP contribution in [0.2, 0.25) is 18.1 Å². The van der Waals surface area contributed by atoms with Gasteiger partial charge in [0, 0.05) is 18.1 Å². The quantitative estimate of drug-likeness (QED) is 0.612. The third-order valence-corrected chi connectivity index (χ3v) is 8.67. The second-order valence-electron chi connectivity index (χ2n) is 7.50. The average Bonchev–Trinajstić information content (AvgIpc) is 2.84. The summed E-state index contributed by atoms with van der Waals surface area (Å²) in [5.41, 5.74) is 0.368. The van der Waals surface area contributed by atoms with Crippen molar-refractivity contribution in [2.75, 3.05) is 13.7 Å². The molecule has 0 amide bonds. The van der Waals surface area contributed by atoms with Crippen molar-refractivity contribution in [2.45, 2.75) is 58.2 Å². The van der Waals surface area contributed by atoms with E-state index in [0.29, 0.717) is 12.3 Å². The highest BCUT2D eigenvalue weighted by atomic mass is 28.4. The van der Waals surface area contributed by atoms with Crippen LogP contribution in [0, 0.1) is 0 Å². The van der Waals surface area contributed by atoms with Crippen LogP contribution >= 0.6 is 0 Å². The van der Waals surface area contributed by atoms with Crippen molar-refractivity contribution in [3.8, 4) is 0 Å². The highest BCUT2D eigenvalue weighted by Crippen LogP contribution is 2.38. The van der Waals surface area contributed by atoms with E-state index in [1.165, 1.54) is 7.11 Å². The normalized spacial score (nSPS) is 13.3. The summed E-state index contributed by atoms with van der Waals surface area (Å²) < 4.78 is 15.9. The van der Waals surface area contributed by atoms with Gasteiger partial charge in [-0.1, -0.05) is 39.8 Å². The van der Waals surface area contributed by atoms with Crippen molar-refractivity contribution in [2.24, 2.45) is 0 Å². The standard InChI is InChI=1S/C15H27NO4Si/c1-14(2,3)21(7,8)19-10-15(4,5)12-9-11(20-16-12)13(17)18-6/h9H,10H2,1-8H3. The van der Waals surface area contributed by atoms with Crippen LogP contribution in [0.3, 0.4) is 0 Å². The Morgan fingerprint density at radius 1 is 1.29 bits per heavy atom. The maximum atomic E-state index is 11.4. The zero-order valence-electron chi connectivity index (χ0n) is 14.4. The van der Waals surface area contributed by atoms with Crippen LogP contribution < -0.4 is 0 Å². The Morgan fingerprint density at radius 2 is 1.86 bits per heavy atom. The van der Waals surface area contributed by atoms with E-state index >= 15 is 0 Å². The third-order valence-electron chi connectivity index (χ3n) is 4.19. The summed E-state index contributed by atoms with van der Waals surface area (Å²) in [6.07, 6.45) is 0. The predicted octanol–water partition coefficient (Wildman–Crippen LogP) is 3.76. The van der Waals surface area contributed by atoms with Crippen molar-refractivity contribution >= 4 is 14.3 Å². The number of ether oxygens (including phenoxy) is 1. The van der Waals surface area contributed by atoms with E-state index in [9.17, 15) is 4.79 Å². The highest BCUT2D eigenvalue weighted by Gasteiger charge is 2.39. The van der Waals surface area contributed by atoms with Gasteiger partial charge < -0.3 is 13.7 Å². The molecule has 0 unspecified atom stereocenters. The van der Waals surface area contributed by atoms with Gasteiger partial charge in [-0.25, -0.2) is 4.79 Å². The summed E-state index contributed by atoms with van der Waals surface area (Å²) in [6.45, 7) is 15.6. The van der Waals surface area contributed by atoms with Gasteiger partial charge in [-0.05, 0) is 18.1 Å². The highest BCUT2D eigenvalue weighted by molar-refractivity contribution is 6.74. The Morgan fingerprint density at radius 3 is 2.33 bits per heavy atom. The molecule has 120 valence electrons. The number of hydrogen-bond acceptors (Lipinski definition) is 5. The Hall–Kier alpha value is -1.14. The smallest absolute Gasteiger partial charge is 0.376 e. The van der Waals surface area contributed by atoms with Gasteiger partial charge in [0.15, 0.2) is 8.32 Å². The first-order valence-electron chi connectivity index (χ1n) is 7.10. The zero-order valence-corrected chi connectivity index (χ0v) is 15.4. The van der Waals surface area contributed by atoms with Crippen molar-refractivity contribution in [3.05, 3.63) is 17.5 Å². The number of esters is 1. The summed E-state index contributed by atoms with van der Waals surface area (Å²) in [5.74, 6) is -0.400. The summed E-state index contributed by atoms with van der Waals surface area (Å²) in [5, 5.41) is 4.14. The van der Waals surface area contributed by atoms with E-state index < -0.39 is 14.3 Å². The van der Waals surface area contributed by atoms with Gasteiger partial charge in [0.2, 0.25) is 5.76 Å². The van der Waals surface area contributed by atoms with Crippen LogP contribution in [0.5, 0.6) is 0 Å². The van der Waals surface area contributed by atoms with Crippen molar-refractivity contribution in [3.63, 3.8) is 0 Å². The molecule has 0 N–H and O–H groups in total. The lowest BCUT2D eigenvalue weighted by Crippen LogP contribution is -2.44. The minimum Gasteiger partial charge on any atom is -0.463 e. The van der Waals surface area contributed by atoms with Crippen LogP contribution in [0.1, 0.15) is 50.9 Å². The summed E-state index contributed by atoms with van der Waals surface area (Å²) in [6, 6.07) is 1.63. The number of nitrogens with zero attached hydrogens (tertiary/aromatic N) is 1. The first-order chi connectivity index (χ1) is 9.40. The topological polar surface area (TPSA) is 61.6 Å². The van der Waals surface area contributed by atoms with Gasteiger partial charge >= 0.3 is 5.97 Å². The molecule has 6 heteroatoms. The van der Waals surface area contributed by atoms with Gasteiger partial charge in [-0.3, -0.25) is 0 Å². The first-order valence-corrected chi connectivity index (χ1v) is 10.0. The lowest BCUT2D eigenvalue weighted by atomic mass is 9.90. The molecule has 0 saturated carbocycles. The summed E-state index contributed by atoms with van der Waals surface area (Å²) in [4.78, 5) is 11.4. The molecule has 0 radical (unpaired) electrons. The molecule has 0 aromatic carbocycles. The van der Waals surface area contributed by atoms with Crippen molar-refractivity contribution in [1.82, 2.24) is 5.16 Å². The van der Waals surface area contributed by atoms with Crippen molar-refractivity contribution < 1.29 is 18.5 Å². The molecule has 1 aromatic heterocycles. The second kappa shape index (κ2) is 5.92. The molecule has 5 nitrogen and oxygen atoms in total. The van der Waals surface area contributed by atoms with Crippen LogP contribution in [0.25, 0.3) is 0 Å². The van der Waals surface area contributed by atoms with Crippen LogP contribution in [0.4, 0.5) is 0 Å². The van der Waals surface area contributed by atoms with E-state index in [1.54, 1.807) is 6.07 Å². The lowest BCUT2D eigenvalue weighted by Gasteiger charge is -2.38. The molecule has 1 rings (SSSR count). The summed E-state index contributed by atoms with van der Waals surface area (Å²) >= 11 is 0. The number of methoxy groups -OCH3 is 1. The predicted molar refractivity (Wildman–Crippen MR) is 84.0 cm³/mol. The largest absolute Gasteiger partial charge is 0.463 e. The molecule has 0 saturated heterocycles. The fourth-order valence-electron chi connectivity index (χ4n) is 1.44. The Labute approximate surface area is 128 Å². The van der Waals surface area contributed by atoms with Crippen LogP contribution in [-0.2, 0) is 14.6 Å². The fourth-order valence-corrected chi connectivity index (χ4v) is 2.60. The zero-order chi connectivity index (χ0) is 16.5. The monoisotopic (exact) mass is 313 g/mol. The SMILES string of the molecule is COC(=O)c1cc(C(C)(C)CO[Si](C)(C)C(C)(C)C)no1. The minimum absolute atomic E-state index is 0.118. The summed E-state index contributed by atoms with van der Waals surface area (Å²) in [7, 11) is -0.504. The lowest BCUT2D eigenvalue weighted by molar-refractivity contribution is 0.0554. The minimum atomic E-state index is -1.82. The first kappa shape index (κ1) is 17.9. The molecule has 0 aliphatic carbocycles. The molecule has 0 atom stereocenters. The maximum Gasteiger partial charge on any atom is 0.376 e. The van der Waals surface area contributed by atoms with Gasteiger partial charge in [0.1, 0.15) is 0 Å². The van der Waals surface area contributed by atoms with Crippen LogP contribution in [-0.4, -0.2) is 33.2 Å². The van der Waals surface area contributed by atoms with Gasteiger partial charge in [-0.2, -0.15) is 0 Å². The fraction of sp³-hybridized carbons (Fsp3) is 0.733. The van der Waals surface area contributed by atoms with E-state index in [2.05, 4.69) is 43.8 Å². The van der Waals surface area contributed by atoms with Gasteiger partial charge in [0.05, 0.1) is 12.8 Å². The van der Waals surface area contributed by atoms with E-state index in [0.717, 1.165) is 0 Å². The number of hydrogen-bond donors (Lipinski definition) is 0. The molecule has 0 aliphatic heterocycles. The van der Waals surface area contributed by atoms with Crippen LogP contribution in [0.15, 0.2) is 10.6 Å². The number of aromatic nitrogens is 1. The average molecular weight is 313 g/mol. The Kier molecular flexibility index (Phi) is 5.05. The molecule has 1 aromatic rings. The Balaban J connectivity index is 2.82. The second-order valence-corrected chi connectivity index (χ2v) is 12.3. The molecule has 0 aliphatic rings. The molecule has 21 heavy (non-hydrogen) atoms. The molecule has 0 bridgehead atoms. The Bertz CT molecular complexity index is 500. The molecule has 1 heterocycles.